The topological polar surface area (TPSA) is 61.4 Å². The molecule has 0 radical (unpaired) electrons. The molecule has 0 aromatic heterocycles. The predicted molar refractivity (Wildman–Crippen MR) is 92.6 cm³/mol. The zero-order valence-electron chi connectivity index (χ0n) is 14.5. The lowest BCUT2D eigenvalue weighted by molar-refractivity contribution is -0.116. The monoisotopic (exact) mass is 317 g/mol. The number of rotatable bonds is 5. The van der Waals surface area contributed by atoms with Crippen molar-refractivity contribution in [2.45, 2.75) is 39.7 Å². The third-order valence-electron chi connectivity index (χ3n) is 4.24. The molecule has 1 saturated heterocycles. The zero-order valence-corrected chi connectivity index (χ0v) is 14.5. The molecule has 1 aliphatic rings. The fourth-order valence-electron chi connectivity index (χ4n) is 2.85. The van der Waals surface area contributed by atoms with Crippen LogP contribution in [-0.4, -0.2) is 42.9 Å². The van der Waals surface area contributed by atoms with E-state index in [-0.39, 0.29) is 17.9 Å². The Balaban J connectivity index is 2.06. The van der Waals surface area contributed by atoms with E-state index in [4.69, 9.17) is 0 Å². The Hall–Kier alpha value is -1.88. The number of amides is 2. The van der Waals surface area contributed by atoms with Crippen LogP contribution in [0.4, 0.5) is 5.69 Å². The maximum absolute atomic E-state index is 12.6. The fraction of sp³-hybridized carbons (Fsp3) is 0.556. The first-order valence-electron chi connectivity index (χ1n) is 8.27. The standard InChI is InChI=1S/C18H27N3O2/c1-12(2)9-17(22)20-16-6-5-14(10-13(16)3)18(23)21(4)15-7-8-19-11-15/h5-6,10,12,15,19H,7-9,11H2,1-4H3,(H,20,22). The first-order chi connectivity index (χ1) is 10.9. The van der Waals surface area contributed by atoms with E-state index in [1.54, 1.807) is 6.07 Å². The van der Waals surface area contributed by atoms with E-state index in [1.807, 2.05) is 44.9 Å². The zero-order chi connectivity index (χ0) is 17.0. The summed E-state index contributed by atoms with van der Waals surface area (Å²) in [6.07, 6.45) is 1.49. The van der Waals surface area contributed by atoms with Crippen LogP contribution in [0.1, 0.15) is 42.6 Å². The van der Waals surface area contributed by atoms with Crippen molar-refractivity contribution in [2.75, 3.05) is 25.5 Å². The van der Waals surface area contributed by atoms with Gasteiger partial charge >= 0.3 is 0 Å². The van der Waals surface area contributed by atoms with Gasteiger partial charge in [0.25, 0.3) is 5.91 Å². The van der Waals surface area contributed by atoms with Crippen molar-refractivity contribution in [2.24, 2.45) is 5.92 Å². The molecule has 1 aliphatic heterocycles. The van der Waals surface area contributed by atoms with Crippen LogP contribution in [0, 0.1) is 12.8 Å². The molecule has 0 bridgehead atoms. The third-order valence-corrected chi connectivity index (χ3v) is 4.24. The Morgan fingerprint density at radius 1 is 1.39 bits per heavy atom. The van der Waals surface area contributed by atoms with Gasteiger partial charge in [-0.25, -0.2) is 0 Å². The summed E-state index contributed by atoms with van der Waals surface area (Å²) in [5, 5.41) is 6.19. The summed E-state index contributed by atoms with van der Waals surface area (Å²) in [7, 11) is 1.85. The molecule has 0 saturated carbocycles. The van der Waals surface area contributed by atoms with Gasteiger partial charge in [-0.15, -0.1) is 0 Å². The summed E-state index contributed by atoms with van der Waals surface area (Å²) >= 11 is 0. The van der Waals surface area contributed by atoms with E-state index >= 15 is 0 Å². The highest BCUT2D eigenvalue weighted by Crippen LogP contribution is 2.19. The largest absolute Gasteiger partial charge is 0.337 e. The Morgan fingerprint density at radius 3 is 2.70 bits per heavy atom. The molecule has 0 spiro atoms. The van der Waals surface area contributed by atoms with Gasteiger partial charge in [-0.2, -0.15) is 0 Å². The number of hydrogen-bond donors (Lipinski definition) is 2. The maximum atomic E-state index is 12.6. The molecule has 1 aromatic rings. The first kappa shape index (κ1) is 17.5. The van der Waals surface area contributed by atoms with Gasteiger partial charge in [-0.3, -0.25) is 9.59 Å². The summed E-state index contributed by atoms with van der Waals surface area (Å²) in [5.74, 6) is 0.364. The van der Waals surface area contributed by atoms with E-state index in [0.717, 1.165) is 30.8 Å². The van der Waals surface area contributed by atoms with Crippen molar-refractivity contribution < 1.29 is 9.59 Å². The van der Waals surface area contributed by atoms with Crippen molar-refractivity contribution in [1.29, 1.82) is 0 Å². The van der Waals surface area contributed by atoms with Crippen LogP contribution in [0.5, 0.6) is 0 Å². The molecular weight excluding hydrogens is 290 g/mol. The van der Waals surface area contributed by atoms with Gasteiger partial charge in [0.05, 0.1) is 0 Å². The smallest absolute Gasteiger partial charge is 0.253 e. The van der Waals surface area contributed by atoms with E-state index in [2.05, 4.69) is 10.6 Å². The molecular formula is C18H27N3O2. The molecule has 1 unspecified atom stereocenters. The minimum absolute atomic E-state index is 0.0105. The SMILES string of the molecule is Cc1cc(C(=O)N(C)C2CCNC2)ccc1NC(=O)CC(C)C. The molecule has 126 valence electrons. The van der Waals surface area contributed by atoms with Crippen molar-refractivity contribution in [3.8, 4) is 0 Å². The summed E-state index contributed by atoms with van der Waals surface area (Å²) < 4.78 is 0. The van der Waals surface area contributed by atoms with Crippen molar-refractivity contribution in [3.63, 3.8) is 0 Å². The first-order valence-corrected chi connectivity index (χ1v) is 8.27. The highest BCUT2D eigenvalue weighted by molar-refractivity contribution is 5.96. The molecule has 5 heteroatoms. The van der Waals surface area contributed by atoms with E-state index < -0.39 is 0 Å². The highest BCUT2D eigenvalue weighted by Gasteiger charge is 2.24. The second-order valence-corrected chi connectivity index (χ2v) is 6.74. The molecule has 2 rings (SSSR count). The summed E-state index contributed by atoms with van der Waals surface area (Å²) in [4.78, 5) is 26.3. The highest BCUT2D eigenvalue weighted by atomic mass is 16.2. The van der Waals surface area contributed by atoms with Gasteiger partial charge in [0.2, 0.25) is 5.91 Å². The number of aryl methyl sites for hydroxylation is 1. The molecule has 2 amide bonds. The molecule has 2 N–H and O–H groups in total. The quantitative estimate of drug-likeness (QED) is 0.877. The van der Waals surface area contributed by atoms with Gasteiger partial charge in [0, 0.05) is 37.3 Å². The van der Waals surface area contributed by atoms with Crippen LogP contribution in [0.3, 0.4) is 0 Å². The second-order valence-electron chi connectivity index (χ2n) is 6.74. The molecule has 23 heavy (non-hydrogen) atoms. The van der Waals surface area contributed by atoms with Gasteiger partial charge in [-0.1, -0.05) is 13.8 Å². The Kier molecular flexibility index (Phi) is 5.77. The van der Waals surface area contributed by atoms with Crippen molar-refractivity contribution in [3.05, 3.63) is 29.3 Å². The van der Waals surface area contributed by atoms with Crippen LogP contribution in [-0.2, 0) is 4.79 Å². The average Bonchev–Trinajstić information content (AvgIpc) is 3.01. The molecule has 1 aromatic carbocycles. The number of carbonyl (C=O) groups excluding carboxylic acids is 2. The molecule has 0 aliphatic carbocycles. The van der Waals surface area contributed by atoms with E-state index in [0.29, 0.717) is 17.9 Å². The Bertz CT molecular complexity index is 578. The molecule has 5 nitrogen and oxygen atoms in total. The predicted octanol–water partition coefficient (Wildman–Crippen LogP) is 2.41. The van der Waals surface area contributed by atoms with E-state index in [9.17, 15) is 9.59 Å². The maximum Gasteiger partial charge on any atom is 0.253 e. The van der Waals surface area contributed by atoms with Gasteiger partial charge in [-0.05, 0) is 49.6 Å². The average molecular weight is 317 g/mol. The van der Waals surface area contributed by atoms with Crippen LogP contribution >= 0.6 is 0 Å². The number of likely N-dealkylation sites (N-methyl/N-ethyl adjacent to an activating group) is 1. The third kappa shape index (κ3) is 4.55. The van der Waals surface area contributed by atoms with Crippen LogP contribution < -0.4 is 10.6 Å². The molecule has 1 atom stereocenters. The Morgan fingerprint density at radius 2 is 2.13 bits per heavy atom. The van der Waals surface area contributed by atoms with Gasteiger partial charge in [0.1, 0.15) is 0 Å². The minimum atomic E-state index is 0.0105. The second kappa shape index (κ2) is 7.59. The lowest BCUT2D eigenvalue weighted by atomic mass is 10.1. The summed E-state index contributed by atoms with van der Waals surface area (Å²) in [5.41, 5.74) is 2.35. The van der Waals surface area contributed by atoms with E-state index in [1.165, 1.54) is 0 Å². The molecule has 1 heterocycles. The lowest BCUT2D eigenvalue weighted by Gasteiger charge is -2.24. The van der Waals surface area contributed by atoms with Crippen molar-refractivity contribution in [1.82, 2.24) is 10.2 Å². The number of nitrogens with one attached hydrogen (secondary N) is 2. The number of carbonyl (C=O) groups is 2. The van der Waals surface area contributed by atoms with Crippen molar-refractivity contribution >= 4 is 17.5 Å². The minimum Gasteiger partial charge on any atom is -0.337 e. The summed E-state index contributed by atoms with van der Waals surface area (Å²) in [6.45, 7) is 7.76. The number of benzene rings is 1. The number of nitrogens with zero attached hydrogens (tertiary/aromatic N) is 1. The normalized spacial score (nSPS) is 17.3. The van der Waals surface area contributed by atoms with Crippen LogP contribution in [0.25, 0.3) is 0 Å². The fourth-order valence-corrected chi connectivity index (χ4v) is 2.85. The Labute approximate surface area is 138 Å². The van der Waals surface area contributed by atoms with Crippen LogP contribution in [0.15, 0.2) is 18.2 Å². The summed E-state index contributed by atoms with van der Waals surface area (Å²) in [6, 6.07) is 5.72. The van der Waals surface area contributed by atoms with Crippen LogP contribution in [0.2, 0.25) is 0 Å². The van der Waals surface area contributed by atoms with Gasteiger partial charge < -0.3 is 15.5 Å². The lowest BCUT2D eigenvalue weighted by Crippen LogP contribution is -2.38. The molecule has 1 fully saturated rings. The number of hydrogen-bond acceptors (Lipinski definition) is 3. The number of anilines is 1. The van der Waals surface area contributed by atoms with Gasteiger partial charge in [0.15, 0.2) is 0 Å².